The zero-order chi connectivity index (χ0) is 15.3. The van der Waals surface area contributed by atoms with E-state index in [0.29, 0.717) is 4.47 Å². The lowest BCUT2D eigenvalue weighted by Gasteiger charge is -2.16. The zero-order valence-corrected chi connectivity index (χ0v) is 14.7. The number of ether oxygens (including phenoxy) is 2. The molecule has 0 fully saturated rings. The second kappa shape index (κ2) is 7.93. The van der Waals surface area contributed by atoms with Gasteiger partial charge in [-0.15, -0.1) is 0 Å². The first kappa shape index (κ1) is 18.2. The van der Waals surface area contributed by atoms with Gasteiger partial charge in [0.05, 0.1) is 22.8 Å². The van der Waals surface area contributed by atoms with Crippen LogP contribution in [0.3, 0.4) is 0 Å². The van der Waals surface area contributed by atoms with Crippen molar-refractivity contribution in [2.75, 3.05) is 27.4 Å². The Kier molecular flexibility index (Phi) is 7.20. The van der Waals surface area contributed by atoms with Gasteiger partial charge < -0.3 is 9.47 Å². The van der Waals surface area contributed by atoms with Crippen LogP contribution in [0.2, 0.25) is 10.0 Å². The number of methoxy groups -OCH3 is 2. The minimum Gasteiger partial charge on any atom is -0.382 e. The fourth-order valence-electron chi connectivity index (χ4n) is 1.46. The molecule has 1 N–H and O–H groups in total. The van der Waals surface area contributed by atoms with E-state index in [1.807, 2.05) is 0 Å². The minimum atomic E-state index is -3.83. The number of benzene rings is 1. The summed E-state index contributed by atoms with van der Waals surface area (Å²) in [5.41, 5.74) is 0. The Labute approximate surface area is 136 Å². The Balaban J connectivity index is 2.95. The van der Waals surface area contributed by atoms with Gasteiger partial charge in [0, 0.05) is 25.2 Å². The topological polar surface area (TPSA) is 64.6 Å². The maximum absolute atomic E-state index is 12.2. The van der Waals surface area contributed by atoms with E-state index in [4.69, 9.17) is 32.7 Å². The van der Waals surface area contributed by atoms with Crippen LogP contribution in [-0.2, 0) is 19.5 Å². The molecule has 0 aliphatic carbocycles. The highest BCUT2D eigenvalue weighted by molar-refractivity contribution is 9.10. The highest BCUT2D eigenvalue weighted by Gasteiger charge is 2.23. The van der Waals surface area contributed by atoms with E-state index in [1.54, 1.807) is 0 Å². The molecule has 0 amide bonds. The van der Waals surface area contributed by atoms with Gasteiger partial charge >= 0.3 is 0 Å². The van der Waals surface area contributed by atoms with E-state index in [9.17, 15) is 8.42 Å². The molecule has 114 valence electrons. The van der Waals surface area contributed by atoms with Crippen molar-refractivity contribution in [2.24, 2.45) is 0 Å². The van der Waals surface area contributed by atoms with Crippen molar-refractivity contribution in [3.8, 4) is 0 Å². The molecule has 1 atom stereocenters. The molecule has 0 radical (unpaired) electrons. The second-order valence-electron chi connectivity index (χ2n) is 3.86. The molecule has 1 aromatic rings. The molecule has 0 spiro atoms. The van der Waals surface area contributed by atoms with Crippen molar-refractivity contribution in [3.05, 3.63) is 26.7 Å². The third-order valence-corrected chi connectivity index (χ3v) is 5.22. The molecule has 0 saturated carbocycles. The summed E-state index contributed by atoms with van der Waals surface area (Å²) in [5, 5.41) is 0.0789. The summed E-state index contributed by atoms with van der Waals surface area (Å²) in [5.74, 6) is 0. The quantitative estimate of drug-likeness (QED) is 0.755. The van der Waals surface area contributed by atoms with Crippen molar-refractivity contribution in [1.29, 1.82) is 0 Å². The van der Waals surface area contributed by atoms with Gasteiger partial charge in [0.2, 0.25) is 10.0 Å². The molecule has 0 aliphatic heterocycles. The molecular formula is C11H14BrCl2NO4S. The number of rotatable bonds is 7. The van der Waals surface area contributed by atoms with Crippen LogP contribution in [-0.4, -0.2) is 41.9 Å². The maximum Gasteiger partial charge on any atom is 0.243 e. The lowest BCUT2D eigenvalue weighted by Crippen LogP contribution is -2.35. The van der Waals surface area contributed by atoms with Gasteiger partial charge in [0.25, 0.3) is 0 Å². The lowest BCUT2D eigenvalue weighted by atomic mass is 10.4. The number of hydrogen-bond acceptors (Lipinski definition) is 4. The molecular weight excluding hydrogens is 393 g/mol. The van der Waals surface area contributed by atoms with Crippen molar-refractivity contribution >= 4 is 49.2 Å². The van der Waals surface area contributed by atoms with Crippen molar-refractivity contribution in [2.45, 2.75) is 11.0 Å². The Morgan fingerprint density at radius 1 is 1.30 bits per heavy atom. The van der Waals surface area contributed by atoms with Crippen LogP contribution >= 0.6 is 39.1 Å². The average Bonchev–Trinajstić information content (AvgIpc) is 2.32. The molecule has 1 rings (SSSR count). The third kappa shape index (κ3) is 4.84. The molecule has 1 unspecified atom stereocenters. The van der Waals surface area contributed by atoms with Crippen LogP contribution in [0.25, 0.3) is 0 Å². The summed E-state index contributed by atoms with van der Waals surface area (Å²) in [7, 11) is -0.859. The van der Waals surface area contributed by atoms with Gasteiger partial charge in [-0.1, -0.05) is 39.1 Å². The van der Waals surface area contributed by atoms with Crippen molar-refractivity contribution < 1.29 is 17.9 Å². The van der Waals surface area contributed by atoms with Gasteiger partial charge in [-0.25, -0.2) is 13.1 Å². The number of hydrogen-bond donors (Lipinski definition) is 1. The normalized spacial score (nSPS) is 13.4. The number of halogens is 3. The SMILES string of the molecule is COCC(CNS(=O)(=O)c1c(Cl)cc(Br)cc1Cl)OC. The predicted molar refractivity (Wildman–Crippen MR) is 82.0 cm³/mol. The third-order valence-electron chi connectivity index (χ3n) is 2.42. The Morgan fingerprint density at radius 2 is 1.85 bits per heavy atom. The average molecular weight is 407 g/mol. The van der Waals surface area contributed by atoms with Crippen LogP contribution in [0.15, 0.2) is 21.5 Å². The smallest absolute Gasteiger partial charge is 0.243 e. The molecule has 0 heterocycles. The van der Waals surface area contributed by atoms with Crippen LogP contribution in [0, 0.1) is 0 Å². The summed E-state index contributed by atoms with van der Waals surface area (Å²) in [6, 6.07) is 2.93. The Morgan fingerprint density at radius 3 is 2.30 bits per heavy atom. The fraction of sp³-hybridized carbons (Fsp3) is 0.455. The molecule has 9 heteroatoms. The summed E-state index contributed by atoms with van der Waals surface area (Å²) in [6.07, 6.45) is -0.400. The van der Waals surface area contributed by atoms with E-state index in [0.717, 1.165) is 0 Å². The van der Waals surface area contributed by atoms with Gasteiger partial charge in [-0.05, 0) is 12.1 Å². The van der Waals surface area contributed by atoms with E-state index in [2.05, 4.69) is 20.7 Å². The van der Waals surface area contributed by atoms with Gasteiger partial charge in [-0.3, -0.25) is 0 Å². The van der Waals surface area contributed by atoms with Crippen LogP contribution < -0.4 is 4.72 Å². The molecule has 0 aliphatic rings. The second-order valence-corrected chi connectivity index (χ2v) is 7.30. The van der Waals surface area contributed by atoms with E-state index in [-0.39, 0.29) is 28.1 Å². The highest BCUT2D eigenvalue weighted by atomic mass is 79.9. The number of sulfonamides is 1. The van der Waals surface area contributed by atoms with Crippen LogP contribution in [0.5, 0.6) is 0 Å². The lowest BCUT2D eigenvalue weighted by molar-refractivity contribution is 0.0320. The summed E-state index contributed by atoms with van der Waals surface area (Å²) in [6.45, 7) is 0.316. The van der Waals surface area contributed by atoms with E-state index in [1.165, 1.54) is 26.4 Å². The molecule has 1 aromatic carbocycles. The monoisotopic (exact) mass is 405 g/mol. The van der Waals surface area contributed by atoms with Crippen molar-refractivity contribution in [1.82, 2.24) is 4.72 Å². The largest absolute Gasteiger partial charge is 0.382 e. The summed E-state index contributed by atoms with van der Waals surface area (Å²) >= 11 is 15.1. The Hall–Kier alpha value is 0.110. The molecule has 0 saturated heterocycles. The van der Waals surface area contributed by atoms with Gasteiger partial charge in [-0.2, -0.15) is 0 Å². The van der Waals surface area contributed by atoms with Crippen LogP contribution in [0.4, 0.5) is 0 Å². The van der Waals surface area contributed by atoms with Crippen molar-refractivity contribution in [3.63, 3.8) is 0 Å². The van der Waals surface area contributed by atoms with Gasteiger partial charge in [0.1, 0.15) is 4.90 Å². The van der Waals surface area contributed by atoms with Crippen LogP contribution in [0.1, 0.15) is 0 Å². The maximum atomic E-state index is 12.2. The predicted octanol–water partition coefficient (Wildman–Crippen LogP) is 2.70. The zero-order valence-electron chi connectivity index (χ0n) is 10.8. The van der Waals surface area contributed by atoms with E-state index < -0.39 is 16.1 Å². The first-order chi connectivity index (χ1) is 9.31. The first-order valence-electron chi connectivity index (χ1n) is 5.47. The molecule has 5 nitrogen and oxygen atoms in total. The van der Waals surface area contributed by atoms with E-state index >= 15 is 0 Å². The highest BCUT2D eigenvalue weighted by Crippen LogP contribution is 2.32. The summed E-state index contributed by atoms with van der Waals surface area (Å²) in [4.78, 5) is -0.156. The first-order valence-corrected chi connectivity index (χ1v) is 8.51. The standard InChI is InChI=1S/C11H14BrCl2NO4S/c1-18-6-8(19-2)5-15-20(16,17)11-9(13)3-7(12)4-10(11)14/h3-4,8,15H,5-6H2,1-2H3. The summed E-state index contributed by atoms with van der Waals surface area (Å²) < 4.78 is 37.4. The fourth-order valence-corrected chi connectivity index (χ4v) is 4.46. The molecule has 0 bridgehead atoms. The molecule has 20 heavy (non-hydrogen) atoms. The minimum absolute atomic E-state index is 0.0394. The number of nitrogens with one attached hydrogen (secondary N) is 1. The van der Waals surface area contributed by atoms with Gasteiger partial charge in [0.15, 0.2) is 0 Å². The molecule has 0 aromatic heterocycles. The Bertz CT molecular complexity index is 545.